The number of hydrogen-bond donors (Lipinski definition) is 1. The van der Waals surface area contributed by atoms with Gasteiger partial charge in [-0.1, -0.05) is 19.1 Å². The van der Waals surface area contributed by atoms with Gasteiger partial charge in [-0.25, -0.2) is 9.97 Å². The molecule has 0 aliphatic carbocycles. The van der Waals surface area contributed by atoms with Crippen molar-refractivity contribution in [2.45, 2.75) is 20.3 Å². The van der Waals surface area contributed by atoms with Crippen LogP contribution in [-0.4, -0.2) is 9.97 Å². The van der Waals surface area contributed by atoms with Crippen molar-refractivity contribution in [3.05, 3.63) is 42.0 Å². The van der Waals surface area contributed by atoms with E-state index in [2.05, 4.69) is 16.9 Å². The zero-order valence-corrected chi connectivity index (χ0v) is 9.57. The van der Waals surface area contributed by atoms with E-state index in [1.165, 1.54) is 0 Å². The fourth-order valence-electron chi connectivity index (χ4n) is 1.68. The van der Waals surface area contributed by atoms with Crippen LogP contribution in [0.5, 0.6) is 0 Å². The minimum atomic E-state index is 0.761. The fourth-order valence-corrected chi connectivity index (χ4v) is 1.68. The molecule has 0 aliphatic heterocycles. The lowest BCUT2D eigenvalue weighted by molar-refractivity contribution is 0.920. The lowest BCUT2D eigenvalue weighted by Gasteiger charge is -2.06. The van der Waals surface area contributed by atoms with Crippen LogP contribution in [0.3, 0.4) is 0 Å². The highest BCUT2D eigenvalue weighted by Crippen LogP contribution is 2.23. The average Bonchev–Trinajstić information content (AvgIpc) is 2.28. The standard InChI is InChI=1S/C13H15N3/c1-3-13-15-8-12(9(2)16-13)10-5-4-6-11(14)7-10/h4-8H,3,14H2,1-2H3. The molecule has 0 fully saturated rings. The lowest BCUT2D eigenvalue weighted by atomic mass is 10.1. The van der Waals surface area contributed by atoms with E-state index < -0.39 is 0 Å². The Balaban J connectivity index is 2.48. The first-order chi connectivity index (χ1) is 7.70. The third-order valence-electron chi connectivity index (χ3n) is 2.54. The molecule has 2 N–H and O–H groups in total. The number of benzene rings is 1. The molecule has 1 aromatic carbocycles. The van der Waals surface area contributed by atoms with Crippen LogP contribution in [-0.2, 0) is 6.42 Å². The molecule has 0 unspecified atom stereocenters. The Hall–Kier alpha value is -1.90. The van der Waals surface area contributed by atoms with E-state index in [0.717, 1.165) is 34.8 Å². The van der Waals surface area contributed by atoms with Crippen molar-refractivity contribution in [2.24, 2.45) is 0 Å². The topological polar surface area (TPSA) is 51.8 Å². The molecule has 2 rings (SSSR count). The van der Waals surface area contributed by atoms with Gasteiger partial charge in [0.2, 0.25) is 0 Å². The maximum Gasteiger partial charge on any atom is 0.128 e. The maximum atomic E-state index is 5.76. The largest absolute Gasteiger partial charge is 0.399 e. The number of rotatable bonds is 2. The molecule has 2 aromatic rings. The first kappa shape index (κ1) is 10.6. The summed E-state index contributed by atoms with van der Waals surface area (Å²) in [5.74, 6) is 0.880. The summed E-state index contributed by atoms with van der Waals surface area (Å²) in [5.41, 5.74) is 9.63. The summed E-state index contributed by atoms with van der Waals surface area (Å²) >= 11 is 0. The Labute approximate surface area is 95.4 Å². The number of nitrogens with zero attached hydrogens (tertiary/aromatic N) is 2. The Morgan fingerprint density at radius 1 is 1.31 bits per heavy atom. The van der Waals surface area contributed by atoms with Crippen molar-refractivity contribution < 1.29 is 0 Å². The van der Waals surface area contributed by atoms with Gasteiger partial charge in [-0.05, 0) is 24.6 Å². The van der Waals surface area contributed by atoms with Crippen LogP contribution in [0, 0.1) is 6.92 Å². The molecule has 0 bridgehead atoms. The lowest BCUT2D eigenvalue weighted by Crippen LogP contribution is -1.97. The van der Waals surface area contributed by atoms with Gasteiger partial charge in [0.1, 0.15) is 5.82 Å². The summed E-state index contributed by atoms with van der Waals surface area (Å²) < 4.78 is 0. The van der Waals surface area contributed by atoms with Gasteiger partial charge in [0.25, 0.3) is 0 Å². The predicted octanol–water partition coefficient (Wildman–Crippen LogP) is 2.60. The highest BCUT2D eigenvalue weighted by molar-refractivity contribution is 5.68. The molecule has 3 nitrogen and oxygen atoms in total. The van der Waals surface area contributed by atoms with Gasteiger partial charge in [-0.15, -0.1) is 0 Å². The monoisotopic (exact) mass is 213 g/mol. The van der Waals surface area contributed by atoms with E-state index in [-0.39, 0.29) is 0 Å². The van der Waals surface area contributed by atoms with Crippen molar-refractivity contribution in [1.82, 2.24) is 9.97 Å². The number of aromatic nitrogens is 2. The van der Waals surface area contributed by atoms with Crippen LogP contribution in [0.15, 0.2) is 30.5 Å². The van der Waals surface area contributed by atoms with E-state index >= 15 is 0 Å². The van der Waals surface area contributed by atoms with Gasteiger partial charge in [0.05, 0.1) is 0 Å². The summed E-state index contributed by atoms with van der Waals surface area (Å²) in [6.45, 7) is 4.05. The van der Waals surface area contributed by atoms with Crippen LogP contribution >= 0.6 is 0 Å². The highest BCUT2D eigenvalue weighted by Gasteiger charge is 2.04. The van der Waals surface area contributed by atoms with Crippen molar-refractivity contribution >= 4 is 5.69 Å². The Morgan fingerprint density at radius 2 is 2.12 bits per heavy atom. The molecule has 0 saturated heterocycles. The van der Waals surface area contributed by atoms with Gasteiger partial charge < -0.3 is 5.73 Å². The molecule has 3 heteroatoms. The molecular formula is C13H15N3. The average molecular weight is 213 g/mol. The minimum Gasteiger partial charge on any atom is -0.399 e. The predicted molar refractivity (Wildman–Crippen MR) is 66.0 cm³/mol. The Morgan fingerprint density at radius 3 is 2.75 bits per heavy atom. The second-order valence-electron chi connectivity index (χ2n) is 3.76. The van der Waals surface area contributed by atoms with Gasteiger partial charge >= 0.3 is 0 Å². The highest BCUT2D eigenvalue weighted by atomic mass is 14.9. The first-order valence-corrected chi connectivity index (χ1v) is 5.39. The Kier molecular flexibility index (Phi) is 2.86. The number of nitrogens with two attached hydrogens (primary N) is 1. The minimum absolute atomic E-state index is 0.761. The van der Waals surface area contributed by atoms with Gasteiger partial charge in [0, 0.05) is 29.6 Å². The molecule has 82 valence electrons. The third-order valence-corrected chi connectivity index (χ3v) is 2.54. The van der Waals surface area contributed by atoms with Crippen LogP contribution < -0.4 is 5.73 Å². The molecule has 0 spiro atoms. The quantitative estimate of drug-likeness (QED) is 0.780. The smallest absolute Gasteiger partial charge is 0.128 e. The van der Waals surface area contributed by atoms with Gasteiger partial charge in [0.15, 0.2) is 0 Å². The number of aryl methyl sites for hydroxylation is 2. The summed E-state index contributed by atoms with van der Waals surface area (Å²) in [6.07, 6.45) is 2.73. The zero-order valence-electron chi connectivity index (χ0n) is 9.57. The third kappa shape index (κ3) is 2.03. The van der Waals surface area contributed by atoms with E-state index in [0.29, 0.717) is 0 Å². The van der Waals surface area contributed by atoms with E-state index in [9.17, 15) is 0 Å². The van der Waals surface area contributed by atoms with Crippen LogP contribution in [0.1, 0.15) is 18.4 Å². The van der Waals surface area contributed by atoms with Crippen molar-refractivity contribution in [1.29, 1.82) is 0 Å². The van der Waals surface area contributed by atoms with Gasteiger partial charge in [-0.3, -0.25) is 0 Å². The number of nitrogen functional groups attached to an aromatic ring is 1. The maximum absolute atomic E-state index is 5.76. The molecule has 16 heavy (non-hydrogen) atoms. The van der Waals surface area contributed by atoms with Gasteiger partial charge in [-0.2, -0.15) is 0 Å². The second kappa shape index (κ2) is 4.31. The second-order valence-corrected chi connectivity index (χ2v) is 3.76. The van der Waals surface area contributed by atoms with Crippen molar-refractivity contribution in [3.8, 4) is 11.1 Å². The van der Waals surface area contributed by atoms with E-state index in [1.54, 1.807) is 0 Å². The summed E-state index contributed by atoms with van der Waals surface area (Å²) in [4.78, 5) is 8.76. The molecule has 0 radical (unpaired) electrons. The number of hydrogen-bond acceptors (Lipinski definition) is 3. The fraction of sp³-hybridized carbons (Fsp3) is 0.231. The molecule has 0 saturated carbocycles. The first-order valence-electron chi connectivity index (χ1n) is 5.39. The van der Waals surface area contributed by atoms with Crippen molar-refractivity contribution in [3.63, 3.8) is 0 Å². The van der Waals surface area contributed by atoms with Crippen molar-refractivity contribution in [2.75, 3.05) is 5.73 Å². The van der Waals surface area contributed by atoms with Crippen LogP contribution in [0.25, 0.3) is 11.1 Å². The van der Waals surface area contributed by atoms with E-state index in [1.807, 2.05) is 37.4 Å². The van der Waals surface area contributed by atoms with Crippen LogP contribution in [0.4, 0.5) is 5.69 Å². The summed E-state index contributed by atoms with van der Waals surface area (Å²) in [5, 5.41) is 0. The number of anilines is 1. The molecule has 0 atom stereocenters. The summed E-state index contributed by atoms with van der Waals surface area (Å²) in [6, 6.07) is 7.78. The molecule has 1 aromatic heterocycles. The normalized spacial score (nSPS) is 10.4. The molecule has 0 aliphatic rings. The van der Waals surface area contributed by atoms with Crippen LogP contribution in [0.2, 0.25) is 0 Å². The Bertz CT molecular complexity index is 506. The zero-order chi connectivity index (χ0) is 11.5. The van der Waals surface area contributed by atoms with E-state index in [4.69, 9.17) is 5.73 Å². The molecule has 1 heterocycles. The SMILES string of the molecule is CCc1ncc(-c2cccc(N)c2)c(C)n1. The summed E-state index contributed by atoms with van der Waals surface area (Å²) in [7, 11) is 0. The molecular weight excluding hydrogens is 198 g/mol. The molecule has 0 amide bonds.